The van der Waals surface area contributed by atoms with E-state index >= 15 is 0 Å². The fourth-order valence-electron chi connectivity index (χ4n) is 0.385. The summed E-state index contributed by atoms with van der Waals surface area (Å²) in [6.07, 6.45) is 0. The topological polar surface area (TPSA) is 0 Å². The van der Waals surface area contributed by atoms with Crippen molar-refractivity contribution < 1.29 is 0 Å². The Labute approximate surface area is 63.1 Å². The summed E-state index contributed by atoms with van der Waals surface area (Å²) in [5, 5.41) is 0. The summed E-state index contributed by atoms with van der Waals surface area (Å²) in [6.45, 7) is 9.30. The van der Waals surface area contributed by atoms with Gasteiger partial charge in [-0.05, 0) is 0 Å². The monoisotopic (exact) mass is 230 g/mol. The first-order valence-corrected chi connectivity index (χ1v) is 6.24. The Hall–Kier alpha value is 0.790. The van der Waals surface area contributed by atoms with Gasteiger partial charge in [-0.15, -0.1) is 0 Å². The fraction of sp³-hybridized carbons (Fsp3) is 1.00. The molecule has 0 aromatic rings. The first-order chi connectivity index (χ1) is 3.63. The molecule has 0 spiro atoms. The average molecular weight is 228 g/mol. The van der Waals surface area contributed by atoms with Gasteiger partial charge in [-0.25, -0.2) is 0 Å². The van der Waals surface area contributed by atoms with Crippen molar-refractivity contribution >= 4 is 20.9 Å². The molecule has 0 bridgehead atoms. The Morgan fingerprint density at radius 1 is 1.12 bits per heavy atom. The summed E-state index contributed by atoms with van der Waals surface area (Å²) in [7, 11) is 0. The first kappa shape index (κ1) is 8.79. The summed E-state index contributed by atoms with van der Waals surface area (Å²) >= 11 is 0.368. The van der Waals surface area contributed by atoms with Crippen LogP contribution in [0.15, 0.2) is 0 Å². The second kappa shape index (κ2) is 4.65. The Bertz CT molecular complexity index is 40.3. The van der Waals surface area contributed by atoms with Gasteiger partial charge in [0.25, 0.3) is 0 Å². The van der Waals surface area contributed by atoms with Gasteiger partial charge in [0.05, 0.1) is 0 Å². The molecule has 50 valence electrons. The van der Waals surface area contributed by atoms with Crippen molar-refractivity contribution in [2.24, 2.45) is 5.92 Å². The van der Waals surface area contributed by atoms with Gasteiger partial charge in [0.2, 0.25) is 0 Å². The van der Waals surface area contributed by atoms with Crippen LogP contribution < -0.4 is 0 Å². The average Bonchev–Trinajstić information content (AvgIpc) is 1.61. The molecule has 0 nitrogen and oxygen atoms in total. The molecule has 0 rings (SSSR count). The normalized spacial score (nSPS) is 11.2. The molecule has 0 aliphatic rings. The minimum absolute atomic E-state index is 0.368. The predicted molar refractivity (Wildman–Crippen MR) is 40.5 cm³/mol. The molecule has 0 unspecified atom stereocenters. The van der Waals surface area contributed by atoms with Crippen LogP contribution in [0.4, 0.5) is 0 Å². The van der Waals surface area contributed by atoms with Gasteiger partial charge in [-0.2, -0.15) is 0 Å². The van der Waals surface area contributed by atoms with Gasteiger partial charge in [-0.3, -0.25) is 0 Å². The summed E-state index contributed by atoms with van der Waals surface area (Å²) in [5.74, 6) is 0.944. The van der Waals surface area contributed by atoms with E-state index in [1.165, 1.54) is 4.47 Å². The quantitative estimate of drug-likeness (QED) is 0.651. The Morgan fingerprint density at radius 2 is 1.62 bits per heavy atom. The zero-order chi connectivity index (χ0) is 6.57. The summed E-state index contributed by atoms with van der Waals surface area (Å²) in [5.41, 5.74) is 0. The molecule has 0 saturated carbocycles. The van der Waals surface area contributed by atoms with Crippen LogP contribution in [0, 0.1) is 5.92 Å². The first-order valence-electron chi connectivity index (χ1n) is 3.24. The number of hydrogen-bond acceptors (Lipinski definition) is 0. The minimum atomic E-state index is 0.368. The van der Waals surface area contributed by atoms with E-state index in [-0.39, 0.29) is 0 Å². The summed E-state index contributed by atoms with van der Waals surface area (Å²) in [4.78, 5) is 0. The van der Waals surface area contributed by atoms with Crippen LogP contribution in [0.25, 0.3) is 0 Å². The van der Waals surface area contributed by atoms with Crippen molar-refractivity contribution in [1.82, 2.24) is 0 Å². The van der Waals surface area contributed by atoms with Gasteiger partial charge >= 0.3 is 63.0 Å². The predicted octanol–water partition coefficient (Wildman–Crippen LogP) is 2.59. The molecule has 0 aromatic heterocycles. The summed E-state index contributed by atoms with van der Waals surface area (Å²) < 4.78 is 2.53. The summed E-state index contributed by atoms with van der Waals surface area (Å²) in [6, 6.07) is 0. The van der Waals surface area contributed by atoms with Gasteiger partial charge in [0.1, 0.15) is 0 Å². The van der Waals surface area contributed by atoms with Crippen LogP contribution >= 0.6 is 0 Å². The van der Waals surface area contributed by atoms with Crippen molar-refractivity contribution in [2.45, 2.75) is 36.1 Å². The third kappa shape index (κ3) is 6.79. The molecule has 0 fully saturated rings. The standard InChI is InChI=1S/C7H16Te/c1-6(2)5-8-7(3)4/h6-7H,5H2,1-4H3. The molecule has 0 aliphatic carbocycles. The molecule has 1 heteroatoms. The number of hydrogen-bond donors (Lipinski definition) is 0. The van der Waals surface area contributed by atoms with E-state index in [0.717, 1.165) is 9.88 Å². The zero-order valence-corrected chi connectivity index (χ0v) is 8.60. The third-order valence-corrected chi connectivity index (χ3v) is 5.12. The van der Waals surface area contributed by atoms with Crippen LogP contribution in [-0.2, 0) is 0 Å². The van der Waals surface area contributed by atoms with E-state index in [0.29, 0.717) is 20.9 Å². The molecule has 0 atom stereocenters. The number of rotatable bonds is 3. The zero-order valence-electron chi connectivity index (χ0n) is 6.27. The maximum atomic E-state index is 2.34. The van der Waals surface area contributed by atoms with Crippen LogP contribution in [0.1, 0.15) is 27.7 Å². The van der Waals surface area contributed by atoms with Crippen molar-refractivity contribution in [2.75, 3.05) is 0 Å². The van der Waals surface area contributed by atoms with E-state index in [2.05, 4.69) is 27.7 Å². The van der Waals surface area contributed by atoms with Crippen LogP contribution in [-0.4, -0.2) is 20.9 Å². The van der Waals surface area contributed by atoms with Crippen LogP contribution in [0.5, 0.6) is 0 Å². The Morgan fingerprint density at radius 3 is 1.75 bits per heavy atom. The van der Waals surface area contributed by atoms with Gasteiger partial charge in [-0.1, -0.05) is 0 Å². The van der Waals surface area contributed by atoms with Crippen LogP contribution in [0.2, 0.25) is 8.43 Å². The molecule has 0 aromatic carbocycles. The van der Waals surface area contributed by atoms with E-state index < -0.39 is 0 Å². The molecule has 0 aliphatic heterocycles. The van der Waals surface area contributed by atoms with Crippen molar-refractivity contribution in [3.05, 3.63) is 0 Å². The van der Waals surface area contributed by atoms with Gasteiger partial charge in [0, 0.05) is 0 Å². The second-order valence-electron chi connectivity index (χ2n) is 2.78. The van der Waals surface area contributed by atoms with Gasteiger partial charge < -0.3 is 0 Å². The third-order valence-electron chi connectivity index (χ3n) is 0.763. The molecule has 8 heavy (non-hydrogen) atoms. The molecular weight excluding hydrogens is 212 g/mol. The van der Waals surface area contributed by atoms with Crippen molar-refractivity contribution in [1.29, 1.82) is 0 Å². The Balaban J connectivity index is 2.93. The molecule has 0 amide bonds. The van der Waals surface area contributed by atoms with Crippen molar-refractivity contribution in [3.63, 3.8) is 0 Å². The van der Waals surface area contributed by atoms with Crippen LogP contribution in [0.3, 0.4) is 0 Å². The van der Waals surface area contributed by atoms with Gasteiger partial charge in [0.15, 0.2) is 0 Å². The molecular formula is C7H16Te. The van der Waals surface area contributed by atoms with E-state index in [1.807, 2.05) is 0 Å². The van der Waals surface area contributed by atoms with E-state index in [1.54, 1.807) is 0 Å². The fourth-order valence-corrected chi connectivity index (χ4v) is 2.58. The molecule has 0 saturated heterocycles. The Kier molecular flexibility index (Phi) is 5.11. The maximum absolute atomic E-state index is 2.34. The van der Waals surface area contributed by atoms with Crippen molar-refractivity contribution in [3.8, 4) is 0 Å². The SMILES string of the molecule is CC(C)C[Te]C(C)C. The molecule has 0 heterocycles. The second-order valence-corrected chi connectivity index (χ2v) is 7.37. The molecule has 0 N–H and O–H groups in total. The van der Waals surface area contributed by atoms with E-state index in [9.17, 15) is 0 Å². The molecule has 0 radical (unpaired) electrons. The van der Waals surface area contributed by atoms with E-state index in [4.69, 9.17) is 0 Å².